The molecule has 33 heavy (non-hydrogen) atoms. The van der Waals surface area contributed by atoms with Crippen molar-refractivity contribution in [3.05, 3.63) is 34.9 Å². The van der Waals surface area contributed by atoms with Gasteiger partial charge in [-0.1, -0.05) is 25.0 Å². The fourth-order valence-electron chi connectivity index (χ4n) is 4.59. The van der Waals surface area contributed by atoms with E-state index < -0.39 is 12.1 Å². The van der Waals surface area contributed by atoms with Crippen LogP contribution in [0.5, 0.6) is 5.75 Å². The van der Waals surface area contributed by atoms with Gasteiger partial charge in [0, 0.05) is 30.0 Å². The molecule has 174 valence electrons. The van der Waals surface area contributed by atoms with E-state index in [-0.39, 0.29) is 30.1 Å². The van der Waals surface area contributed by atoms with Crippen LogP contribution in [0.4, 0.5) is 0 Å². The Morgan fingerprint density at radius 3 is 2.76 bits per heavy atom. The Balaban J connectivity index is 1.40. The third-order valence-electron chi connectivity index (χ3n) is 6.65. The third-order valence-corrected chi connectivity index (χ3v) is 6.65. The highest BCUT2D eigenvalue weighted by Gasteiger charge is 2.33. The predicted octanol–water partition coefficient (Wildman–Crippen LogP) is 1.84. The molecule has 0 radical (unpaired) electrons. The zero-order valence-electron chi connectivity index (χ0n) is 18.9. The first-order valence-electron chi connectivity index (χ1n) is 11.6. The molecule has 1 saturated carbocycles. The Morgan fingerprint density at radius 2 is 2.06 bits per heavy atom. The van der Waals surface area contributed by atoms with E-state index in [4.69, 9.17) is 4.74 Å². The number of hydrogen-bond acceptors (Lipinski definition) is 5. The molecule has 8 nitrogen and oxygen atoms in total. The SMILES string of the molecule is COc1cccc2c1C=C(C(=O)N[C@@H](CC1CC1)C(=O)N[C@@H](C#N)C[C@@H]1CCCNC1=O)C2. The largest absolute Gasteiger partial charge is 0.496 e. The van der Waals surface area contributed by atoms with E-state index in [0.717, 1.165) is 30.4 Å². The van der Waals surface area contributed by atoms with Gasteiger partial charge in [0.15, 0.2) is 0 Å². The van der Waals surface area contributed by atoms with Crippen LogP contribution in [-0.2, 0) is 20.8 Å². The third kappa shape index (κ3) is 5.54. The summed E-state index contributed by atoms with van der Waals surface area (Å²) in [7, 11) is 1.60. The van der Waals surface area contributed by atoms with Crippen LogP contribution in [0.1, 0.15) is 49.7 Å². The number of methoxy groups -OCH3 is 1. The van der Waals surface area contributed by atoms with Crippen molar-refractivity contribution in [3.63, 3.8) is 0 Å². The Bertz CT molecular complexity index is 1010. The molecule has 3 aliphatic rings. The summed E-state index contributed by atoms with van der Waals surface area (Å²) in [6.07, 6.45) is 6.76. The van der Waals surface area contributed by atoms with E-state index in [9.17, 15) is 19.6 Å². The summed E-state index contributed by atoms with van der Waals surface area (Å²) in [5, 5.41) is 18.0. The van der Waals surface area contributed by atoms with Crippen LogP contribution < -0.4 is 20.7 Å². The van der Waals surface area contributed by atoms with Gasteiger partial charge < -0.3 is 20.7 Å². The fraction of sp³-hybridized carbons (Fsp3) is 0.520. The molecule has 1 aromatic carbocycles. The quantitative estimate of drug-likeness (QED) is 0.530. The highest BCUT2D eigenvalue weighted by molar-refractivity contribution is 6.02. The highest BCUT2D eigenvalue weighted by atomic mass is 16.5. The lowest BCUT2D eigenvalue weighted by Gasteiger charge is -2.25. The summed E-state index contributed by atoms with van der Waals surface area (Å²) in [5.41, 5.74) is 2.49. The fourth-order valence-corrected chi connectivity index (χ4v) is 4.59. The molecule has 0 unspecified atom stereocenters. The van der Waals surface area contributed by atoms with Crippen molar-refractivity contribution in [1.82, 2.24) is 16.0 Å². The van der Waals surface area contributed by atoms with Gasteiger partial charge in [-0.3, -0.25) is 14.4 Å². The highest BCUT2D eigenvalue weighted by Crippen LogP contribution is 2.35. The molecular weight excluding hydrogens is 420 g/mol. The predicted molar refractivity (Wildman–Crippen MR) is 122 cm³/mol. The van der Waals surface area contributed by atoms with Crippen molar-refractivity contribution in [2.75, 3.05) is 13.7 Å². The van der Waals surface area contributed by atoms with Crippen molar-refractivity contribution in [1.29, 1.82) is 5.26 Å². The zero-order chi connectivity index (χ0) is 23.4. The first-order valence-corrected chi connectivity index (χ1v) is 11.6. The minimum atomic E-state index is -0.774. The van der Waals surface area contributed by atoms with Crippen molar-refractivity contribution in [2.24, 2.45) is 11.8 Å². The zero-order valence-corrected chi connectivity index (χ0v) is 18.9. The van der Waals surface area contributed by atoms with Gasteiger partial charge in [-0.25, -0.2) is 0 Å². The maximum Gasteiger partial charge on any atom is 0.248 e. The van der Waals surface area contributed by atoms with Crippen molar-refractivity contribution in [3.8, 4) is 11.8 Å². The topological polar surface area (TPSA) is 120 Å². The van der Waals surface area contributed by atoms with Crippen molar-refractivity contribution >= 4 is 23.8 Å². The smallest absolute Gasteiger partial charge is 0.248 e. The number of hydrogen-bond donors (Lipinski definition) is 3. The molecule has 2 aliphatic carbocycles. The number of piperidine rings is 1. The number of fused-ring (bicyclic) bond motifs is 1. The minimum absolute atomic E-state index is 0.0678. The number of nitrogens with zero attached hydrogens (tertiary/aromatic N) is 1. The minimum Gasteiger partial charge on any atom is -0.496 e. The molecule has 1 aromatic rings. The summed E-state index contributed by atoms with van der Waals surface area (Å²) < 4.78 is 5.39. The van der Waals surface area contributed by atoms with Gasteiger partial charge in [-0.2, -0.15) is 5.26 Å². The Kier molecular flexibility index (Phi) is 6.97. The van der Waals surface area contributed by atoms with Gasteiger partial charge in [-0.05, 0) is 49.3 Å². The molecule has 1 heterocycles. The first kappa shape index (κ1) is 22.8. The average molecular weight is 451 g/mol. The van der Waals surface area contributed by atoms with Gasteiger partial charge in [-0.15, -0.1) is 0 Å². The molecule has 0 bridgehead atoms. The van der Waals surface area contributed by atoms with E-state index in [2.05, 4.69) is 22.0 Å². The lowest BCUT2D eigenvalue weighted by Crippen LogP contribution is -2.51. The van der Waals surface area contributed by atoms with E-state index in [0.29, 0.717) is 43.0 Å². The summed E-state index contributed by atoms with van der Waals surface area (Å²) >= 11 is 0. The van der Waals surface area contributed by atoms with Crippen LogP contribution >= 0.6 is 0 Å². The maximum absolute atomic E-state index is 13.1. The monoisotopic (exact) mass is 450 g/mol. The summed E-state index contributed by atoms with van der Waals surface area (Å²) in [5.74, 6) is 0.117. The van der Waals surface area contributed by atoms with E-state index in [1.807, 2.05) is 24.3 Å². The number of ether oxygens (including phenoxy) is 1. The summed E-state index contributed by atoms with van der Waals surface area (Å²) in [6.45, 7) is 0.653. The lowest BCUT2D eigenvalue weighted by atomic mass is 9.92. The van der Waals surface area contributed by atoms with Crippen LogP contribution in [0.25, 0.3) is 6.08 Å². The second-order valence-corrected chi connectivity index (χ2v) is 9.14. The molecule has 3 atom stereocenters. The van der Waals surface area contributed by atoms with Gasteiger partial charge in [0.1, 0.15) is 17.8 Å². The second kappa shape index (κ2) is 10.1. The molecule has 8 heteroatoms. The van der Waals surface area contributed by atoms with E-state index >= 15 is 0 Å². The Labute approximate surface area is 193 Å². The lowest BCUT2D eigenvalue weighted by molar-refractivity contribution is -0.129. The van der Waals surface area contributed by atoms with Gasteiger partial charge in [0.2, 0.25) is 17.7 Å². The Morgan fingerprint density at radius 1 is 1.24 bits per heavy atom. The molecular formula is C25H30N4O4. The van der Waals surface area contributed by atoms with Gasteiger partial charge >= 0.3 is 0 Å². The number of carbonyl (C=O) groups excluding carboxylic acids is 3. The number of benzene rings is 1. The van der Waals surface area contributed by atoms with Gasteiger partial charge in [0.25, 0.3) is 0 Å². The molecule has 3 N–H and O–H groups in total. The van der Waals surface area contributed by atoms with Crippen molar-refractivity contribution < 1.29 is 19.1 Å². The Hall–Kier alpha value is -3.34. The standard InChI is InChI=1S/C25H30N4O4/c1-33-22-6-2-4-16-11-18(13-20(16)22)24(31)29-21(10-15-7-8-15)25(32)28-19(14-26)12-17-5-3-9-27-23(17)30/h2,4,6,13,15,17,19,21H,3,5,7-12H2,1H3,(H,27,30)(H,28,32)(H,29,31)/t17-,19+,21-/m0/s1. The number of nitrogens with one attached hydrogen (secondary N) is 3. The van der Waals surface area contributed by atoms with Crippen LogP contribution in [0.15, 0.2) is 23.8 Å². The first-order chi connectivity index (χ1) is 16.0. The second-order valence-electron chi connectivity index (χ2n) is 9.14. The van der Waals surface area contributed by atoms with E-state index in [1.165, 1.54) is 0 Å². The molecule has 0 spiro atoms. The van der Waals surface area contributed by atoms with Crippen LogP contribution in [0.3, 0.4) is 0 Å². The number of amides is 3. The van der Waals surface area contributed by atoms with Gasteiger partial charge in [0.05, 0.1) is 13.2 Å². The summed E-state index contributed by atoms with van der Waals surface area (Å²) in [6, 6.07) is 6.33. The molecule has 2 fully saturated rings. The number of rotatable bonds is 9. The molecule has 1 aliphatic heterocycles. The average Bonchev–Trinajstić information content (AvgIpc) is 3.53. The number of carbonyl (C=O) groups is 3. The van der Waals surface area contributed by atoms with Crippen molar-refractivity contribution in [2.45, 2.75) is 57.0 Å². The normalized spacial score (nSPS) is 21.0. The van der Waals surface area contributed by atoms with Crippen LogP contribution in [0, 0.1) is 23.2 Å². The van der Waals surface area contributed by atoms with Crippen LogP contribution in [0.2, 0.25) is 0 Å². The molecule has 3 amide bonds. The molecule has 1 saturated heterocycles. The maximum atomic E-state index is 13.1. The van der Waals surface area contributed by atoms with Crippen LogP contribution in [-0.4, -0.2) is 43.5 Å². The molecule has 4 rings (SSSR count). The molecule has 0 aromatic heterocycles. The number of nitriles is 1. The summed E-state index contributed by atoms with van der Waals surface area (Å²) in [4.78, 5) is 38.1. The van der Waals surface area contributed by atoms with E-state index in [1.54, 1.807) is 7.11 Å².